The molecular formula is C15H17BFNO2S. The largest absolute Gasteiger partial charge is 0.516 e. The van der Waals surface area contributed by atoms with E-state index in [9.17, 15) is 4.39 Å². The van der Waals surface area contributed by atoms with Gasteiger partial charge in [0.25, 0.3) is 0 Å². The van der Waals surface area contributed by atoms with E-state index in [1.54, 1.807) is 11.6 Å². The van der Waals surface area contributed by atoms with E-state index < -0.39 is 18.3 Å². The molecule has 6 heteroatoms. The van der Waals surface area contributed by atoms with Crippen LogP contribution in [0.3, 0.4) is 0 Å². The van der Waals surface area contributed by atoms with Gasteiger partial charge in [-0.25, -0.2) is 4.39 Å². The molecule has 0 radical (unpaired) electrons. The van der Waals surface area contributed by atoms with Crippen LogP contribution in [0, 0.1) is 5.82 Å². The summed E-state index contributed by atoms with van der Waals surface area (Å²) in [5.41, 5.74) is 2.41. The lowest BCUT2D eigenvalue weighted by Crippen LogP contribution is -2.41. The monoisotopic (exact) mass is 305 g/mol. The van der Waals surface area contributed by atoms with Gasteiger partial charge in [0, 0.05) is 0 Å². The first-order valence-electron chi connectivity index (χ1n) is 6.85. The van der Waals surface area contributed by atoms with E-state index in [1.165, 1.54) is 23.5 Å². The molecule has 1 aromatic carbocycles. The molecule has 2 aromatic rings. The summed E-state index contributed by atoms with van der Waals surface area (Å²) in [5, 5.41) is 0. The van der Waals surface area contributed by atoms with Crippen LogP contribution in [0.4, 0.5) is 4.39 Å². The van der Waals surface area contributed by atoms with E-state index >= 15 is 0 Å². The minimum Gasteiger partial charge on any atom is -0.398 e. The highest BCUT2D eigenvalue weighted by Gasteiger charge is 2.53. The highest BCUT2D eigenvalue weighted by atomic mass is 32.1. The van der Waals surface area contributed by atoms with E-state index in [4.69, 9.17) is 9.31 Å². The predicted molar refractivity (Wildman–Crippen MR) is 83.2 cm³/mol. The summed E-state index contributed by atoms with van der Waals surface area (Å²) in [4.78, 5) is 5.26. The standard InChI is InChI=1S/C15H17BFNO2S/c1-14(2)15(3,4)20-16(19-14)13-12(21-9-18-13)10-6-5-7-11(17)8-10/h5-9H,1-4H3. The zero-order valence-corrected chi connectivity index (χ0v) is 13.3. The molecule has 2 heterocycles. The van der Waals surface area contributed by atoms with Gasteiger partial charge in [-0.05, 0) is 45.4 Å². The molecule has 0 amide bonds. The molecule has 0 saturated carbocycles. The van der Waals surface area contributed by atoms with Crippen molar-refractivity contribution >= 4 is 24.0 Å². The summed E-state index contributed by atoms with van der Waals surface area (Å²) in [5.74, 6) is -0.263. The number of thiazole rings is 1. The van der Waals surface area contributed by atoms with Gasteiger partial charge in [-0.2, -0.15) is 0 Å². The minimum absolute atomic E-state index is 0.263. The van der Waals surface area contributed by atoms with Gasteiger partial charge in [-0.15, -0.1) is 11.3 Å². The fourth-order valence-corrected chi connectivity index (χ4v) is 3.03. The first kappa shape index (κ1) is 14.7. The molecule has 1 fully saturated rings. The van der Waals surface area contributed by atoms with Gasteiger partial charge < -0.3 is 9.31 Å². The van der Waals surface area contributed by atoms with Crippen molar-refractivity contribution in [1.82, 2.24) is 4.98 Å². The van der Waals surface area contributed by atoms with Crippen molar-refractivity contribution in [3.8, 4) is 10.4 Å². The fraction of sp³-hybridized carbons (Fsp3) is 0.400. The smallest absolute Gasteiger partial charge is 0.398 e. The average molecular weight is 305 g/mol. The van der Waals surface area contributed by atoms with Crippen LogP contribution in [0.1, 0.15) is 27.7 Å². The molecule has 0 aliphatic carbocycles. The normalized spacial score (nSPS) is 20.0. The molecule has 0 unspecified atom stereocenters. The van der Waals surface area contributed by atoms with E-state index in [0.29, 0.717) is 5.59 Å². The Morgan fingerprint density at radius 1 is 1.14 bits per heavy atom. The summed E-state index contributed by atoms with van der Waals surface area (Å²) in [6.07, 6.45) is 0. The maximum atomic E-state index is 13.4. The molecule has 3 rings (SSSR count). The lowest BCUT2D eigenvalue weighted by molar-refractivity contribution is 0.00578. The molecule has 110 valence electrons. The minimum atomic E-state index is -0.528. The summed E-state index contributed by atoms with van der Waals surface area (Å²) in [6.45, 7) is 8.00. The molecule has 1 aliphatic heterocycles. The topological polar surface area (TPSA) is 31.4 Å². The molecule has 21 heavy (non-hydrogen) atoms. The van der Waals surface area contributed by atoms with E-state index in [1.807, 2.05) is 33.8 Å². The zero-order valence-electron chi connectivity index (χ0n) is 12.5. The number of rotatable bonds is 2. The van der Waals surface area contributed by atoms with Crippen LogP contribution >= 0.6 is 11.3 Å². The number of nitrogens with zero attached hydrogens (tertiary/aromatic N) is 1. The Balaban J connectivity index is 1.98. The van der Waals surface area contributed by atoms with Gasteiger partial charge >= 0.3 is 7.12 Å². The first-order valence-corrected chi connectivity index (χ1v) is 7.73. The maximum Gasteiger partial charge on any atom is 0.516 e. The van der Waals surface area contributed by atoms with Crippen LogP contribution in [0.15, 0.2) is 29.8 Å². The second-order valence-corrected chi connectivity index (χ2v) is 7.02. The second kappa shape index (κ2) is 4.90. The van der Waals surface area contributed by atoms with Crippen molar-refractivity contribution < 1.29 is 13.7 Å². The van der Waals surface area contributed by atoms with Crippen LogP contribution in [-0.2, 0) is 9.31 Å². The van der Waals surface area contributed by atoms with Crippen molar-refractivity contribution in [2.75, 3.05) is 0 Å². The molecule has 1 aromatic heterocycles. The molecular weight excluding hydrogens is 288 g/mol. The lowest BCUT2D eigenvalue weighted by Gasteiger charge is -2.32. The van der Waals surface area contributed by atoms with Gasteiger partial charge in [0.2, 0.25) is 0 Å². The highest BCUT2D eigenvalue weighted by Crippen LogP contribution is 2.37. The summed E-state index contributed by atoms with van der Waals surface area (Å²) in [7, 11) is -0.528. The molecule has 0 spiro atoms. The SMILES string of the molecule is CC1(C)OB(c2ncsc2-c2cccc(F)c2)OC1(C)C. The summed E-state index contributed by atoms with van der Waals surface area (Å²) >= 11 is 1.46. The first-order chi connectivity index (χ1) is 9.80. The van der Waals surface area contributed by atoms with Crippen molar-refractivity contribution in [2.45, 2.75) is 38.9 Å². The Kier molecular flexibility index (Phi) is 3.43. The molecule has 0 N–H and O–H groups in total. The average Bonchev–Trinajstić information content (AvgIpc) is 2.93. The Morgan fingerprint density at radius 3 is 2.43 bits per heavy atom. The third-order valence-electron chi connectivity index (χ3n) is 4.16. The van der Waals surface area contributed by atoms with Gasteiger partial charge in [0.05, 0.1) is 27.2 Å². The van der Waals surface area contributed by atoms with Gasteiger partial charge in [0.15, 0.2) is 0 Å². The lowest BCUT2D eigenvalue weighted by atomic mass is 9.82. The number of hydrogen-bond donors (Lipinski definition) is 0. The zero-order chi connectivity index (χ0) is 15.3. The van der Waals surface area contributed by atoms with Crippen molar-refractivity contribution in [3.63, 3.8) is 0 Å². The van der Waals surface area contributed by atoms with Crippen LogP contribution in [0.2, 0.25) is 0 Å². The van der Waals surface area contributed by atoms with Gasteiger partial charge in [-0.3, -0.25) is 4.98 Å². The maximum absolute atomic E-state index is 13.4. The Hall–Kier alpha value is -1.24. The van der Waals surface area contributed by atoms with Crippen molar-refractivity contribution in [3.05, 3.63) is 35.6 Å². The Labute approximate surface area is 128 Å². The fourth-order valence-electron chi connectivity index (χ4n) is 2.22. The molecule has 0 atom stereocenters. The van der Waals surface area contributed by atoms with E-state index in [-0.39, 0.29) is 5.82 Å². The van der Waals surface area contributed by atoms with Crippen LogP contribution < -0.4 is 5.59 Å². The number of benzene rings is 1. The number of aromatic nitrogens is 1. The number of hydrogen-bond acceptors (Lipinski definition) is 4. The van der Waals surface area contributed by atoms with E-state index in [2.05, 4.69) is 4.98 Å². The summed E-state index contributed by atoms with van der Waals surface area (Å²) in [6, 6.07) is 6.49. The van der Waals surface area contributed by atoms with Crippen molar-refractivity contribution in [2.24, 2.45) is 0 Å². The third kappa shape index (κ3) is 2.52. The van der Waals surface area contributed by atoms with Crippen LogP contribution in [0.25, 0.3) is 10.4 Å². The van der Waals surface area contributed by atoms with Gasteiger partial charge in [-0.1, -0.05) is 12.1 Å². The Morgan fingerprint density at radius 2 is 1.81 bits per heavy atom. The third-order valence-corrected chi connectivity index (χ3v) is 5.05. The van der Waals surface area contributed by atoms with Crippen LogP contribution in [0.5, 0.6) is 0 Å². The van der Waals surface area contributed by atoms with E-state index in [0.717, 1.165) is 10.4 Å². The summed E-state index contributed by atoms with van der Waals surface area (Å²) < 4.78 is 25.5. The molecule has 1 saturated heterocycles. The highest BCUT2D eigenvalue weighted by molar-refractivity contribution is 7.14. The second-order valence-electron chi connectivity index (χ2n) is 6.17. The molecule has 0 bridgehead atoms. The molecule has 3 nitrogen and oxygen atoms in total. The quantitative estimate of drug-likeness (QED) is 0.798. The predicted octanol–water partition coefficient (Wildman–Crippen LogP) is 3.25. The van der Waals surface area contributed by atoms with Crippen molar-refractivity contribution in [1.29, 1.82) is 0 Å². The van der Waals surface area contributed by atoms with Gasteiger partial charge in [0.1, 0.15) is 5.82 Å². The Bertz CT molecular complexity index is 655. The van der Waals surface area contributed by atoms with Crippen LogP contribution in [-0.4, -0.2) is 23.3 Å². The molecule has 1 aliphatic rings. The number of halogens is 1.